The molecule has 0 saturated carbocycles. The van der Waals surface area contributed by atoms with E-state index in [1.165, 1.54) is 7.11 Å². The van der Waals surface area contributed by atoms with Crippen molar-refractivity contribution in [2.75, 3.05) is 58.5 Å². The van der Waals surface area contributed by atoms with Crippen LogP contribution in [0.25, 0.3) is 10.9 Å². The van der Waals surface area contributed by atoms with E-state index in [1.54, 1.807) is 30.3 Å². The molecule has 1 aromatic heterocycles. The first kappa shape index (κ1) is 27.1. The highest BCUT2D eigenvalue weighted by Gasteiger charge is 2.54. The van der Waals surface area contributed by atoms with E-state index in [0.29, 0.717) is 62.2 Å². The van der Waals surface area contributed by atoms with Gasteiger partial charge in [0.2, 0.25) is 0 Å². The van der Waals surface area contributed by atoms with Crippen LogP contribution in [-0.2, 0) is 14.3 Å². The van der Waals surface area contributed by atoms with Gasteiger partial charge in [0.25, 0.3) is 0 Å². The lowest BCUT2D eigenvalue weighted by Gasteiger charge is -2.44. The third-order valence-corrected chi connectivity index (χ3v) is 8.26. The molecule has 3 aromatic rings. The van der Waals surface area contributed by atoms with E-state index in [1.807, 2.05) is 30.3 Å². The van der Waals surface area contributed by atoms with Gasteiger partial charge in [0.1, 0.15) is 24.6 Å². The average Bonchev–Trinajstić information content (AvgIpc) is 3.34. The van der Waals surface area contributed by atoms with Crippen LogP contribution in [0.3, 0.4) is 0 Å². The van der Waals surface area contributed by atoms with Crippen molar-refractivity contribution in [1.82, 2.24) is 9.88 Å². The van der Waals surface area contributed by atoms with Crippen LogP contribution in [0.1, 0.15) is 24.5 Å². The van der Waals surface area contributed by atoms with Gasteiger partial charge in [-0.05, 0) is 42.0 Å². The number of methoxy groups -OCH3 is 2. The number of hydrogen-bond acceptors (Lipinski definition) is 10. The number of aromatic nitrogens is 1. The smallest absolute Gasteiger partial charge is 0.415 e. The monoisotopic (exact) mass is 563 g/mol. The van der Waals surface area contributed by atoms with Gasteiger partial charge in [-0.25, -0.2) is 4.79 Å². The molecule has 1 amide bonds. The summed E-state index contributed by atoms with van der Waals surface area (Å²) >= 11 is 0. The molecule has 0 bridgehead atoms. The predicted octanol–water partition coefficient (Wildman–Crippen LogP) is 3.33. The van der Waals surface area contributed by atoms with Crippen molar-refractivity contribution in [1.29, 1.82) is 0 Å². The van der Waals surface area contributed by atoms with Crippen LogP contribution in [-0.4, -0.2) is 86.3 Å². The van der Waals surface area contributed by atoms with Crippen LogP contribution in [0.15, 0.2) is 48.7 Å². The number of rotatable bonds is 7. The van der Waals surface area contributed by atoms with E-state index < -0.39 is 17.8 Å². The molecular formula is C30H33N3O8. The highest BCUT2D eigenvalue weighted by molar-refractivity contribution is 5.91. The third kappa shape index (κ3) is 5.22. The van der Waals surface area contributed by atoms with Gasteiger partial charge >= 0.3 is 12.1 Å². The first-order valence-corrected chi connectivity index (χ1v) is 13.7. The summed E-state index contributed by atoms with van der Waals surface area (Å²) in [5.74, 6) is 1.19. The number of amides is 1. The number of fused-ring (bicyclic) bond motifs is 2. The number of carbonyl (C=O) groups is 2. The Morgan fingerprint density at radius 3 is 2.78 bits per heavy atom. The summed E-state index contributed by atoms with van der Waals surface area (Å²) in [6, 6.07) is 12.8. The second-order valence-corrected chi connectivity index (χ2v) is 10.6. The number of esters is 1. The number of pyridine rings is 1. The molecule has 2 aromatic carbocycles. The number of β-amino-alcohol motifs (C(OH)–C–C–N with tert-alkyl or cyclic N) is 1. The van der Waals surface area contributed by atoms with Crippen molar-refractivity contribution in [3.8, 4) is 17.2 Å². The van der Waals surface area contributed by atoms with Gasteiger partial charge in [0.15, 0.2) is 11.5 Å². The SMILES string of the molecule is COC(=O)C[C@H]1CN(C[C@H](O)c2ccnc3ccc(OC)cc23)CC[C@]12CN(c1ccc3c(c1)OCCO3)C(=O)O2. The number of hydrogen-bond donors (Lipinski definition) is 1. The van der Waals surface area contributed by atoms with Crippen molar-refractivity contribution >= 4 is 28.7 Å². The zero-order chi connectivity index (χ0) is 28.6. The van der Waals surface area contributed by atoms with Crippen molar-refractivity contribution in [3.63, 3.8) is 0 Å². The van der Waals surface area contributed by atoms with Crippen LogP contribution in [0, 0.1) is 5.92 Å². The van der Waals surface area contributed by atoms with Crippen LogP contribution in [0.5, 0.6) is 17.2 Å². The lowest BCUT2D eigenvalue weighted by Crippen LogP contribution is -2.55. The fourth-order valence-electron chi connectivity index (χ4n) is 6.06. The first-order chi connectivity index (χ1) is 19.9. The number of anilines is 1. The molecule has 1 spiro atoms. The Morgan fingerprint density at radius 1 is 1.15 bits per heavy atom. The zero-order valence-electron chi connectivity index (χ0n) is 23.1. The topological polar surface area (TPSA) is 120 Å². The minimum Gasteiger partial charge on any atom is -0.497 e. The molecule has 3 aliphatic heterocycles. The van der Waals surface area contributed by atoms with Crippen molar-refractivity contribution < 1.29 is 38.4 Å². The molecule has 3 aliphatic rings. The number of aliphatic hydroxyl groups is 1. The zero-order valence-corrected chi connectivity index (χ0v) is 23.1. The molecule has 0 aliphatic carbocycles. The van der Waals surface area contributed by atoms with Crippen LogP contribution < -0.4 is 19.1 Å². The lowest BCUT2D eigenvalue weighted by atomic mass is 9.78. The molecule has 3 atom stereocenters. The molecule has 1 N–H and O–H groups in total. The minimum atomic E-state index is -0.878. The quantitative estimate of drug-likeness (QED) is 0.429. The van der Waals surface area contributed by atoms with Gasteiger partial charge in [-0.2, -0.15) is 0 Å². The van der Waals surface area contributed by atoms with Gasteiger partial charge in [0, 0.05) is 49.6 Å². The summed E-state index contributed by atoms with van der Waals surface area (Å²) < 4.78 is 27.8. The number of carbonyl (C=O) groups excluding carboxylic acids is 2. The average molecular weight is 564 g/mol. The highest BCUT2D eigenvalue weighted by Crippen LogP contribution is 2.43. The molecule has 216 valence electrons. The summed E-state index contributed by atoms with van der Waals surface area (Å²) in [6.07, 6.45) is 0.992. The minimum absolute atomic E-state index is 0.0841. The van der Waals surface area contributed by atoms with Gasteiger partial charge in [-0.1, -0.05) is 0 Å². The number of piperidine rings is 1. The number of likely N-dealkylation sites (tertiary alicyclic amines) is 1. The van der Waals surface area contributed by atoms with E-state index in [9.17, 15) is 14.7 Å². The molecule has 0 radical (unpaired) electrons. The summed E-state index contributed by atoms with van der Waals surface area (Å²) in [5, 5.41) is 12.1. The fraction of sp³-hybridized carbons (Fsp3) is 0.433. The normalized spacial score (nSPS) is 23.0. The molecule has 0 unspecified atom stereocenters. The summed E-state index contributed by atoms with van der Waals surface area (Å²) in [5.41, 5.74) is 1.28. The molecule has 11 nitrogen and oxygen atoms in total. The molecule has 11 heteroatoms. The maximum atomic E-state index is 13.2. The molecule has 41 heavy (non-hydrogen) atoms. The van der Waals surface area contributed by atoms with Gasteiger partial charge < -0.3 is 28.8 Å². The maximum Gasteiger partial charge on any atom is 0.415 e. The fourth-order valence-corrected chi connectivity index (χ4v) is 6.06. The number of ether oxygens (including phenoxy) is 5. The Morgan fingerprint density at radius 2 is 1.98 bits per heavy atom. The number of benzene rings is 2. The Kier molecular flexibility index (Phi) is 7.31. The van der Waals surface area contributed by atoms with Crippen LogP contribution in [0.2, 0.25) is 0 Å². The van der Waals surface area contributed by atoms with Crippen molar-refractivity contribution in [3.05, 3.63) is 54.2 Å². The first-order valence-electron chi connectivity index (χ1n) is 13.7. The van der Waals surface area contributed by atoms with Crippen LogP contribution >= 0.6 is 0 Å². The van der Waals surface area contributed by atoms with E-state index in [0.717, 1.165) is 16.5 Å². The molecular weight excluding hydrogens is 530 g/mol. The summed E-state index contributed by atoms with van der Waals surface area (Å²) in [6.45, 7) is 2.57. The Hall–Kier alpha value is -4.09. The van der Waals surface area contributed by atoms with Crippen molar-refractivity contribution in [2.24, 2.45) is 5.92 Å². The number of nitrogens with zero attached hydrogens (tertiary/aromatic N) is 3. The van der Waals surface area contributed by atoms with Crippen molar-refractivity contribution in [2.45, 2.75) is 24.5 Å². The Labute approximate surface area is 237 Å². The molecule has 2 fully saturated rings. The van der Waals surface area contributed by atoms with E-state index in [4.69, 9.17) is 23.7 Å². The van der Waals surface area contributed by atoms with E-state index in [-0.39, 0.29) is 24.9 Å². The largest absolute Gasteiger partial charge is 0.497 e. The summed E-state index contributed by atoms with van der Waals surface area (Å²) in [4.78, 5) is 33.8. The van der Waals surface area contributed by atoms with E-state index >= 15 is 0 Å². The summed E-state index contributed by atoms with van der Waals surface area (Å²) in [7, 11) is 2.95. The molecule has 2 saturated heterocycles. The second kappa shape index (κ2) is 11.1. The van der Waals surface area contributed by atoms with Gasteiger partial charge in [0.05, 0.1) is 44.5 Å². The van der Waals surface area contributed by atoms with Gasteiger partial charge in [-0.15, -0.1) is 0 Å². The lowest BCUT2D eigenvalue weighted by molar-refractivity contribution is -0.146. The Bertz CT molecular complexity index is 1460. The van der Waals surface area contributed by atoms with Crippen LogP contribution in [0.4, 0.5) is 10.5 Å². The van der Waals surface area contributed by atoms with E-state index in [2.05, 4.69) is 9.88 Å². The highest BCUT2D eigenvalue weighted by atomic mass is 16.6. The standard InChI is InChI=1S/C30H33N3O8/c1-37-21-4-5-24-23(15-21)22(7-9-31-24)25(34)17-32-10-8-30(19(16-32)13-28(35)38-2)18-33(29(36)41-30)20-3-6-26-27(14-20)40-12-11-39-26/h3-7,9,14-15,19,25,34H,8,10-13,16-18H2,1-2H3/t19-,25-,30-/m0/s1. The predicted molar refractivity (Wildman–Crippen MR) is 148 cm³/mol. The third-order valence-electron chi connectivity index (χ3n) is 8.26. The van der Waals surface area contributed by atoms with Gasteiger partial charge in [-0.3, -0.25) is 19.6 Å². The maximum absolute atomic E-state index is 13.2. The molecule has 4 heterocycles. The number of aliphatic hydroxyl groups excluding tert-OH is 1. The Balaban J connectivity index is 1.21. The molecule has 6 rings (SSSR count). The second-order valence-electron chi connectivity index (χ2n) is 10.6.